The van der Waals surface area contributed by atoms with Crippen molar-refractivity contribution in [2.24, 2.45) is 0 Å². The first-order valence-corrected chi connectivity index (χ1v) is 7.20. The maximum atomic E-state index is 11.5. The number of hydrogen-bond acceptors (Lipinski definition) is 6. The Kier molecular flexibility index (Phi) is 7.02. The fraction of sp³-hybridized carbons (Fsp3) is 0.667. The number of nitro groups is 1. The maximum absolute atomic E-state index is 11.5. The lowest BCUT2D eigenvalue weighted by Crippen LogP contribution is -2.06. The van der Waals surface area contributed by atoms with Crippen LogP contribution < -0.4 is 0 Å². The van der Waals surface area contributed by atoms with E-state index in [-0.39, 0.29) is 10.7 Å². The topological polar surface area (TPSA) is 82.3 Å². The van der Waals surface area contributed by atoms with Crippen LogP contribution in [0.2, 0.25) is 0 Å². The first-order valence-electron chi connectivity index (χ1n) is 6.43. The summed E-state index contributed by atoms with van der Waals surface area (Å²) in [4.78, 5) is 21.4. The molecule has 0 spiro atoms. The SMILES string of the molecule is CCCCCCCCOC(=O)c1cc([N+](=O)[O-])sn1. The van der Waals surface area contributed by atoms with E-state index in [0.717, 1.165) is 25.3 Å². The number of hydrogen-bond donors (Lipinski definition) is 0. The number of carbonyl (C=O) groups excluding carboxylic acids is 1. The van der Waals surface area contributed by atoms with Gasteiger partial charge in [0, 0.05) is 11.5 Å². The van der Waals surface area contributed by atoms with Crippen LogP contribution in [0.3, 0.4) is 0 Å². The molecule has 0 saturated carbocycles. The van der Waals surface area contributed by atoms with Crippen LogP contribution in [0.15, 0.2) is 6.07 Å². The summed E-state index contributed by atoms with van der Waals surface area (Å²) >= 11 is 0.689. The van der Waals surface area contributed by atoms with Gasteiger partial charge in [0.1, 0.15) is 0 Å². The van der Waals surface area contributed by atoms with Gasteiger partial charge in [0.25, 0.3) is 0 Å². The third-order valence-electron chi connectivity index (χ3n) is 2.62. The van der Waals surface area contributed by atoms with E-state index in [1.807, 2.05) is 0 Å². The number of unbranched alkanes of at least 4 members (excludes halogenated alkanes) is 5. The summed E-state index contributed by atoms with van der Waals surface area (Å²) in [5.74, 6) is -0.585. The summed E-state index contributed by atoms with van der Waals surface area (Å²) in [5.41, 5.74) is 0.0164. The van der Waals surface area contributed by atoms with Crippen LogP contribution in [0.4, 0.5) is 5.00 Å². The summed E-state index contributed by atoms with van der Waals surface area (Å²) in [7, 11) is 0. The minimum Gasteiger partial charge on any atom is -0.461 e. The molecule has 1 heterocycles. The monoisotopic (exact) mass is 286 g/mol. The number of ether oxygens (including phenoxy) is 1. The lowest BCUT2D eigenvalue weighted by atomic mass is 10.1. The zero-order valence-corrected chi connectivity index (χ0v) is 11.8. The zero-order chi connectivity index (χ0) is 14.1. The molecule has 0 N–H and O–H groups in total. The van der Waals surface area contributed by atoms with Gasteiger partial charge in [-0.25, -0.2) is 4.79 Å². The van der Waals surface area contributed by atoms with Crippen LogP contribution in [0.1, 0.15) is 55.9 Å². The Balaban J connectivity index is 2.18. The highest BCUT2D eigenvalue weighted by atomic mass is 32.1. The molecular weight excluding hydrogens is 268 g/mol. The number of nitrogens with zero attached hydrogens (tertiary/aromatic N) is 2. The van der Waals surface area contributed by atoms with Gasteiger partial charge >= 0.3 is 11.0 Å². The molecule has 0 amide bonds. The summed E-state index contributed by atoms with van der Waals surface area (Å²) < 4.78 is 8.71. The van der Waals surface area contributed by atoms with Gasteiger partial charge in [0.15, 0.2) is 5.69 Å². The number of aromatic nitrogens is 1. The average molecular weight is 286 g/mol. The van der Waals surface area contributed by atoms with Crippen molar-refractivity contribution in [1.29, 1.82) is 0 Å². The average Bonchev–Trinajstić information content (AvgIpc) is 2.87. The van der Waals surface area contributed by atoms with Gasteiger partial charge in [-0.1, -0.05) is 39.0 Å². The van der Waals surface area contributed by atoms with Crippen molar-refractivity contribution in [3.63, 3.8) is 0 Å². The second kappa shape index (κ2) is 8.58. The van der Waals surface area contributed by atoms with Crippen molar-refractivity contribution in [2.45, 2.75) is 45.4 Å². The smallest absolute Gasteiger partial charge is 0.358 e. The molecule has 1 aromatic rings. The van der Waals surface area contributed by atoms with Gasteiger partial charge < -0.3 is 4.74 Å². The Hall–Kier alpha value is -1.50. The van der Waals surface area contributed by atoms with E-state index < -0.39 is 10.9 Å². The predicted octanol–water partition coefficient (Wildman–Crippen LogP) is 3.57. The Bertz CT molecular complexity index is 420. The highest BCUT2D eigenvalue weighted by Gasteiger charge is 2.17. The molecular formula is C12H18N2O4S. The van der Waals surface area contributed by atoms with Gasteiger partial charge in [0.2, 0.25) is 0 Å². The van der Waals surface area contributed by atoms with Crippen LogP contribution in [0.25, 0.3) is 0 Å². The predicted molar refractivity (Wildman–Crippen MR) is 72.4 cm³/mol. The molecule has 0 unspecified atom stereocenters. The van der Waals surface area contributed by atoms with Gasteiger partial charge in [-0.15, -0.1) is 0 Å². The first-order chi connectivity index (χ1) is 9.15. The molecule has 19 heavy (non-hydrogen) atoms. The fourth-order valence-corrected chi connectivity index (χ4v) is 2.12. The van der Waals surface area contributed by atoms with Crippen molar-refractivity contribution in [3.8, 4) is 0 Å². The van der Waals surface area contributed by atoms with Gasteiger partial charge in [-0.3, -0.25) is 10.1 Å². The molecule has 6 nitrogen and oxygen atoms in total. The standard InChI is InChI=1S/C12H18N2O4S/c1-2-3-4-5-6-7-8-18-12(15)10-9-11(14(16)17)19-13-10/h9H,2-8H2,1H3. The number of rotatable bonds is 9. The van der Waals surface area contributed by atoms with Gasteiger partial charge in [0.05, 0.1) is 17.6 Å². The lowest BCUT2D eigenvalue weighted by Gasteiger charge is -2.02. The van der Waals surface area contributed by atoms with E-state index in [0.29, 0.717) is 18.1 Å². The van der Waals surface area contributed by atoms with Crippen LogP contribution >= 0.6 is 11.5 Å². The van der Waals surface area contributed by atoms with E-state index in [4.69, 9.17) is 4.74 Å². The molecule has 7 heteroatoms. The minimum atomic E-state index is -0.585. The highest BCUT2D eigenvalue weighted by Crippen LogP contribution is 2.19. The van der Waals surface area contributed by atoms with Crippen LogP contribution in [-0.2, 0) is 4.74 Å². The van der Waals surface area contributed by atoms with Crippen LogP contribution in [-0.4, -0.2) is 21.9 Å². The summed E-state index contributed by atoms with van der Waals surface area (Å²) in [5, 5.41) is 10.3. The van der Waals surface area contributed by atoms with E-state index in [1.165, 1.54) is 19.3 Å². The largest absolute Gasteiger partial charge is 0.461 e. The third kappa shape index (κ3) is 5.78. The maximum Gasteiger partial charge on any atom is 0.358 e. The first kappa shape index (κ1) is 15.6. The Morgan fingerprint density at radius 3 is 2.68 bits per heavy atom. The highest BCUT2D eigenvalue weighted by molar-refractivity contribution is 7.09. The van der Waals surface area contributed by atoms with Gasteiger partial charge in [-0.2, -0.15) is 4.37 Å². The molecule has 0 aliphatic rings. The molecule has 0 aliphatic carbocycles. The van der Waals surface area contributed by atoms with Crippen LogP contribution in [0, 0.1) is 10.1 Å². The van der Waals surface area contributed by atoms with Crippen molar-refractivity contribution < 1.29 is 14.5 Å². The molecule has 0 fully saturated rings. The molecule has 0 aromatic carbocycles. The molecule has 0 bridgehead atoms. The lowest BCUT2D eigenvalue weighted by molar-refractivity contribution is -0.380. The van der Waals surface area contributed by atoms with Crippen molar-refractivity contribution in [2.75, 3.05) is 6.61 Å². The minimum absolute atomic E-state index is 0.0164. The summed E-state index contributed by atoms with van der Waals surface area (Å²) in [6.07, 6.45) is 6.66. The number of carbonyl (C=O) groups is 1. The van der Waals surface area contributed by atoms with E-state index >= 15 is 0 Å². The fourth-order valence-electron chi connectivity index (χ4n) is 1.57. The van der Waals surface area contributed by atoms with Crippen molar-refractivity contribution in [1.82, 2.24) is 4.37 Å². The van der Waals surface area contributed by atoms with Crippen molar-refractivity contribution >= 4 is 22.5 Å². The Labute approximate surface area is 116 Å². The normalized spacial score (nSPS) is 10.4. The van der Waals surface area contributed by atoms with E-state index in [2.05, 4.69) is 11.3 Å². The van der Waals surface area contributed by atoms with Crippen molar-refractivity contribution in [3.05, 3.63) is 21.9 Å². The second-order valence-electron chi connectivity index (χ2n) is 4.21. The van der Waals surface area contributed by atoms with Crippen LogP contribution in [0.5, 0.6) is 0 Å². The summed E-state index contributed by atoms with van der Waals surface area (Å²) in [6, 6.07) is 1.15. The molecule has 0 aliphatic heterocycles. The molecule has 0 radical (unpaired) electrons. The third-order valence-corrected chi connectivity index (χ3v) is 3.36. The van der Waals surface area contributed by atoms with Gasteiger partial charge in [-0.05, 0) is 6.42 Å². The molecule has 1 rings (SSSR count). The van der Waals surface area contributed by atoms with E-state index in [9.17, 15) is 14.9 Å². The summed E-state index contributed by atoms with van der Waals surface area (Å²) in [6.45, 7) is 2.51. The Morgan fingerprint density at radius 2 is 2.05 bits per heavy atom. The molecule has 106 valence electrons. The molecule has 0 atom stereocenters. The zero-order valence-electron chi connectivity index (χ0n) is 11.0. The Morgan fingerprint density at radius 1 is 1.37 bits per heavy atom. The number of esters is 1. The van der Waals surface area contributed by atoms with E-state index in [1.54, 1.807) is 0 Å². The second-order valence-corrected chi connectivity index (χ2v) is 4.99. The quantitative estimate of drug-likeness (QED) is 0.300. The molecule has 1 aromatic heterocycles. The molecule has 0 saturated heterocycles.